The van der Waals surface area contributed by atoms with Gasteiger partial charge >= 0.3 is 0 Å². The minimum atomic E-state index is -0.809. The Morgan fingerprint density at radius 1 is 1.31 bits per heavy atom. The molecule has 0 heterocycles. The molecule has 0 aromatic heterocycles. The predicted molar refractivity (Wildman–Crippen MR) is 70.7 cm³/mol. The fourth-order valence-electron chi connectivity index (χ4n) is 1.23. The van der Waals surface area contributed by atoms with E-state index >= 15 is 0 Å². The average Bonchev–Trinajstić information content (AvgIpc) is 2.10. The van der Waals surface area contributed by atoms with Crippen molar-refractivity contribution in [2.75, 3.05) is 18.6 Å². The molecule has 0 aromatic rings. The summed E-state index contributed by atoms with van der Waals surface area (Å²) in [4.78, 5) is 11.5. The van der Waals surface area contributed by atoms with Gasteiger partial charge in [0, 0.05) is 18.7 Å². The highest BCUT2D eigenvalue weighted by Crippen LogP contribution is 2.20. The summed E-state index contributed by atoms with van der Waals surface area (Å²) in [7, 11) is 0. The summed E-state index contributed by atoms with van der Waals surface area (Å²) in [6.45, 7) is 8.42. The van der Waals surface area contributed by atoms with Crippen molar-refractivity contribution in [2.24, 2.45) is 5.41 Å². The van der Waals surface area contributed by atoms with Crippen molar-refractivity contribution in [2.45, 2.75) is 46.1 Å². The second kappa shape index (κ2) is 6.50. The highest BCUT2D eigenvalue weighted by molar-refractivity contribution is 7.98. The van der Waals surface area contributed by atoms with Gasteiger partial charge in [-0.3, -0.25) is 4.79 Å². The number of thioether (sulfide) groups is 1. The standard InChI is InChI=1S/C12H25NO2S/c1-11(2,3)7-6-10(14)13-8-12(4,15)9-16-5/h15H,6-9H2,1-5H3,(H,13,14). The van der Waals surface area contributed by atoms with Crippen LogP contribution in [0.15, 0.2) is 0 Å². The van der Waals surface area contributed by atoms with Crippen LogP contribution in [0.1, 0.15) is 40.5 Å². The minimum Gasteiger partial charge on any atom is -0.387 e. The molecule has 0 aromatic carbocycles. The smallest absolute Gasteiger partial charge is 0.220 e. The molecule has 0 fully saturated rings. The number of hydrogen-bond acceptors (Lipinski definition) is 3. The summed E-state index contributed by atoms with van der Waals surface area (Å²) >= 11 is 1.58. The van der Waals surface area contributed by atoms with Crippen molar-refractivity contribution < 1.29 is 9.90 Å². The maximum atomic E-state index is 11.5. The van der Waals surface area contributed by atoms with E-state index in [1.165, 1.54) is 0 Å². The highest BCUT2D eigenvalue weighted by Gasteiger charge is 2.20. The molecule has 0 rings (SSSR count). The molecule has 1 unspecified atom stereocenters. The molecule has 96 valence electrons. The summed E-state index contributed by atoms with van der Waals surface area (Å²) < 4.78 is 0. The lowest BCUT2D eigenvalue weighted by Gasteiger charge is -2.23. The summed E-state index contributed by atoms with van der Waals surface area (Å²) in [5, 5.41) is 12.6. The Bertz CT molecular complexity index is 222. The van der Waals surface area contributed by atoms with Crippen LogP contribution in [0.25, 0.3) is 0 Å². The van der Waals surface area contributed by atoms with Crippen molar-refractivity contribution in [3.05, 3.63) is 0 Å². The molecule has 0 saturated heterocycles. The van der Waals surface area contributed by atoms with Crippen LogP contribution in [0.5, 0.6) is 0 Å². The lowest BCUT2D eigenvalue weighted by Crippen LogP contribution is -2.42. The predicted octanol–water partition coefficient (Wildman–Crippen LogP) is 2.04. The van der Waals surface area contributed by atoms with Crippen LogP contribution in [-0.2, 0) is 4.79 Å². The van der Waals surface area contributed by atoms with Gasteiger partial charge in [-0.1, -0.05) is 20.8 Å². The SMILES string of the molecule is CSCC(C)(O)CNC(=O)CCC(C)(C)C. The maximum absolute atomic E-state index is 11.5. The second-order valence-electron chi connectivity index (χ2n) is 5.77. The van der Waals surface area contributed by atoms with Gasteiger partial charge in [0.1, 0.15) is 0 Å². The largest absolute Gasteiger partial charge is 0.387 e. The van der Waals surface area contributed by atoms with E-state index < -0.39 is 5.60 Å². The van der Waals surface area contributed by atoms with Crippen molar-refractivity contribution in [3.8, 4) is 0 Å². The molecule has 1 amide bonds. The van der Waals surface area contributed by atoms with E-state index in [1.54, 1.807) is 18.7 Å². The first-order valence-electron chi connectivity index (χ1n) is 5.64. The Hall–Kier alpha value is -0.220. The molecular formula is C12H25NO2S. The van der Waals surface area contributed by atoms with Gasteiger partial charge in [-0.2, -0.15) is 11.8 Å². The van der Waals surface area contributed by atoms with Crippen LogP contribution in [0.2, 0.25) is 0 Å². The van der Waals surface area contributed by atoms with Gasteiger partial charge in [-0.25, -0.2) is 0 Å². The maximum Gasteiger partial charge on any atom is 0.220 e. The van der Waals surface area contributed by atoms with Gasteiger partial charge < -0.3 is 10.4 Å². The zero-order valence-electron chi connectivity index (χ0n) is 11.1. The molecule has 0 saturated carbocycles. The third-order valence-corrected chi connectivity index (χ3v) is 3.13. The van der Waals surface area contributed by atoms with Crippen LogP contribution in [0.3, 0.4) is 0 Å². The monoisotopic (exact) mass is 247 g/mol. The third-order valence-electron chi connectivity index (χ3n) is 2.22. The minimum absolute atomic E-state index is 0.0244. The number of amides is 1. The van der Waals surface area contributed by atoms with Gasteiger partial charge in [0.2, 0.25) is 5.91 Å². The van der Waals surface area contributed by atoms with Gasteiger partial charge in [-0.15, -0.1) is 0 Å². The van der Waals surface area contributed by atoms with E-state index in [2.05, 4.69) is 26.1 Å². The Kier molecular flexibility index (Phi) is 6.41. The van der Waals surface area contributed by atoms with E-state index in [4.69, 9.17) is 0 Å². The van der Waals surface area contributed by atoms with Gasteiger partial charge in [0.15, 0.2) is 0 Å². The fraction of sp³-hybridized carbons (Fsp3) is 0.917. The summed E-state index contributed by atoms with van der Waals surface area (Å²) in [5.41, 5.74) is -0.629. The fourth-order valence-corrected chi connectivity index (χ4v) is 1.95. The van der Waals surface area contributed by atoms with Crippen LogP contribution in [0.4, 0.5) is 0 Å². The Labute approximate surface area is 103 Å². The number of carbonyl (C=O) groups excluding carboxylic acids is 1. The lowest BCUT2D eigenvalue weighted by atomic mass is 9.90. The normalized spacial score (nSPS) is 15.6. The average molecular weight is 247 g/mol. The zero-order valence-corrected chi connectivity index (χ0v) is 11.9. The molecule has 4 heteroatoms. The van der Waals surface area contributed by atoms with Crippen molar-refractivity contribution in [3.63, 3.8) is 0 Å². The van der Waals surface area contributed by atoms with Crippen LogP contribution >= 0.6 is 11.8 Å². The van der Waals surface area contributed by atoms with Gasteiger partial charge in [0.25, 0.3) is 0 Å². The Balaban J connectivity index is 3.81. The van der Waals surface area contributed by atoms with Crippen molar-refractivity contribution in [1.82, 2.24) is 5.32 Å². The van der Waals surface area contributed by atoms with Gasteiger partial charge in [-0.05, 0) is 25.0 Å². The van der Waals surface area contributed by atoms with Crippen LogP contribution < -0.4 is 5.32 Å². The molecule has 0 bridgehead atoms. The zero-order chi connectivity index (χ0) is 12.8. The second-order valence-corrected chi connectivity index (χ2v) is 6.63. The molecule has 0 radical (unpaired) electrons. The van der Waals surface area contributed by atoms with E-state index in [0.717, 1.165) is 6.42 Å². The quantitative estimate of drug-likeness (QED) is 0.755. The first-order chi connectivity index (χ1) is 7.16. The van der Waals surface area contributed by atoms with Crippen LogP contribution in [-0.4, -0.2) is 35.2 Å². The summed E-state index contributed by atoms with van der Waals surface area (Å²) in [6.07, 6.45) is 3.33. The molecule has 0 aliphatic rings. The summed E-state index contributed by atoms with van der Waals surface area (Å²) in [6, 6.07) is 0. The topological polar surface area (TPSA) is 49.3 Å². The molecular weight excluding hydrogens is 222 g/mol. The number of hydrogen-bond donors (Lipinski definition) is 2. The number of nitrogens with one attached hydrogen (secondary N) is 1. The first kappa shape index (κ1) is 15.8. The van der Waals surface area contributed by atoms with Crippen LogP contribution in [0, 0.1) is 5.41 Å². The molecule has 16 heavy (non-hydrogen) atoms. The van der Waals surface area contributed by atoms with E-state index in [0.29, 0.717) is 18.7 Å². The number of rotatable bonds is 6. The molecule has 0 aliphatic carbocycles. The lowest BCUT2D eigenvalue weighted by molar-refractivity contribution is -0.122. The van der Waals surface area contributed by atoms with Gasteiger partial charge in [0.05, 0.1) is 5.60 Å². The Morgan fingerprint density at radius 2 is 1.88 bits per heavy atom. The molecule has 0 spiro atoms. The van der Waals surface area contributed by atoms with E-state index in [9.17, 15) is 9.90 Å². The molecule has 1 atom stereocenters. The summed E-state index contributed by atoms with van der Waals surface area (Å²) in [5.74, 6) is 0.656. The molecule has 0 aliphatic heterocycles. The number of carbonyl (C=O) groups is 1. The molecule has 2 N–H and O–H groups in total. The number of aliphatic hydroxyl groups is 1. The Morgan fingerprint density at radius 3 is 2.31 bits per heavy atom. The first-order valence-corrected chi connectivity index (χ1v) is 7.04. The van der Waals surface area contributed by atoms with E-state index in [-0.39, 0.29) is 11.3 Å². The van der Waals surface area contributed by atoms with E-state index in [1.807, 2.05) is 6.26 Å². The van der Waals surface area contributed by atoms with Crippen molar-refractivity contribution >= 4 is 17.7 Å². The highest BCUT2D eigenvalue weighted by atomic mass is 32.2. The molecule has 3 nitrogen and oxygen atoms in total. The van der Waals surface area contributed by atoms with Crippen molar-refractivity contribution in [1.29, 1.82) is 0 Å². The third kappa shape index (κ3) is 9.04.